The molecule has 0 aliphatic carbocycles. The van der Waals surface area contributed by atoms with E-state index in [1.54, 1.807) is 38.3 Å². The molecule has 2 heterocycles. The van der Waals surface area contributed by atoms with E-state index < -0.39 is 0 Å². The van der Waals surface area contributed by atoms with Gasteiger partial charge in [-0.3, -0.25) is 4.79 Å². The first-order valence-electron chi connectivity index (χ1n) is 8.55. The number of ether oxygens (including phenoxy) is 1. The van der Waals surface area contributed by atoms with Crippen LogP contribution in [0, 0.1) is 6.92 Å². The van der Waals surface area contributed by atoms with E-state index in [4.69, 9.17) is 20.9 Å². The third-order valence-electron chi connectivity index (χ3n) is 4.37. The Bertz CT molecular complexity index is 1190. The molecular formula is C21H16ClN3O3. The van der Waals surface area contributed by atoms with Gasteiger partial charge in [0, 0.05) is 17.0 Å². The van der Waals surface area contributed by atoms with E-state index in [0.29, 0.717) is 44.7 Å². The van der Waals surface area contributed by atoms with Crippen LogP contribution in [0.4, 0.5) is 5.69 Å². The van der Waals surface area contributed by atoms with E-state index in [9.17, 15) is 4.79 Å². The number of methoxy groups -OCH3 is 1. The first-order valence-corrected chi connectivity index (χ1v) is 8.92. The van der Waals surface area contributed by atoms with Gasteiger partial charge in [-0.05, 0) is 25.1 Å². The Morgan fingerprint density at radius 3 is 2.71 bits per heavy atom. The Morgan fingerprint density at radius 2 is 1.93 bits per heavy atom. The number of hydrogen-bond acceptors (Lipinski definition) is 5. The number of anilines is 1. The van der Waals surface area contributed by atoms with Gasteiger partial charge in [0.2, 0.25) is 5.88 Å². The lowest BCUT2D eigenvalue weighted by Crippen LogP contribution is -2.14. The molecule has 140 valence electrons. The smallest absolute Gasteiger partial charge is 0.261 e. The van der Waals surface area contributed by atoms with E-state index >= 15 is 0 Å². The van der Waals surface area contributed by atoms with Gasteiger partial charge < -0.3 is 14.6 Å². The fourth-order valence-corrected chi connectivity index (χ4v) is 3.23. The predicted octanol–water partition coefficient (Wildman–Crippen LogP) is 5.11. The number of aromatic nitrogens is 2. The highest BCUT2D eigenvalue weighted by molar-refractivity contribution is 6.33. The van der Waals surface area contributed by atoms with Crippen LogP contribution in [0.1, 0.15) is 16.1 Å². The molecule has 2 aromatic heterocycles. The molecule has 0 aliphatic heterocycles. The van der Waals surface area contributed by atoms with Crippen molar-refractivity contribution in [3.05, 3.63) is 70.9 Å². The van der Waals surface area contributed by atoms with Crippen molar-refractivity contribution in [1.29, 1.82) is 0 Å². The minimum absolute atomic E-state index is 0.327. The number of nitrogens with one attached hydrogen (secondary N) is 1. The standard InChI is InChI=1S/C21H16ClN3O3/c1-12-18(20(25-28-12)14-7-3-4-8-15(14)22)21(26)23-16-9-5-6-13-10-11-17(27-2)24-19(13)16/h3-11H,1-2H3,(H,23,26). The van der Waals surface area contributed by atoms with Gasteiger partial charge in [-0.1, -0.05) is 47.1 Å². The predicted molar refractivity (Wildman–Crippen MR) is 108 cm³/mol. The summed E-state index contributed by atoms with van der Waals surface area (Å²) in [5.74, 6) is 0.510. The molecule has 0 atom stereocenters. The number of para-hydroxylation sites is 1. The molecule has 0 aliphatic rings. The van der Waals surface area contributed by atoms with E-state index in [0.717, 1.165) is 5.39 Å². The van der Waals surface area contributed by atoms with Crippen LogP contribution in [0.15, 0.2) is 59.1 Å². The van der Waals surface area contributed by atoms with Crippen LogP contribution >= 0.6 is 11.6 Å². The van der Waals surface area contributed by atoms with E-state index in [-0.39, 0.29) is 5.91 Å². The van der Waals surface area contributed by atoms with Crippen molar-refractivity contribution < 1.29 is 14.1 Å². The summed E-state index contributed by atoms with van der Waals surface area (Å²) < 4.78 is 10.5. The second kappa shape index (κ2) is 7.32. The highest BCUT2D eigenvalue weighted by atomic mass is 35.5. The number of aryl methyl sites for hydroxylation is 1. The minimum Gasteiger partial charge on any atom is -0.481 e. The average Bonchev–Trinajstić information content (AvgIpc) is 3.09. The SMILES string of the molecule is COc1ccc2cccc(NC(=O)c3c(-c4ccccc4Cl)noc3C)c2n1. The quantitative estimate of drug-likeness (QED) is 0.521. The maximum atomic E-state index is 13.1. The first-order chi connectivity index (χ1) is 13.6. The molecule has 1 N–H and O–H groups in total. The number of fused-ring (bicyclic) bond motifs is 1. The zero-order valence-electron chi connectivity index (χ0n) is 15.2. The van der Waals surface area contributed by atoms with Crippen molar-refractivity contribution in [2.75, 3.05) is 12.4 Å². The Kier molecular flexibility index (Phi) is 4.71. The molecule has 0 bridgehead atoms. The van der Waals surface area contributed by atoms with E-state index in [2.05, 4.69) is 15.5 Å². The molecule has 28 heavy (non-hydrogen) atoms. The summed E-state index contributed by atoms with van der Waals surface area (Å²) in [6.07, 6.45) is 0. The summed E-state index contributed by atoms with van der Waals surface area (Å²) >= 11 is 6.28. The number of hydrogen-bond donors (Lipinski definition) is 1. The van der Waals surface area contributed by atoms with Crippen LogP contribution in [0.2, 0.25) is 5.02 Å². The molecule has 6 nitrogen and oxygen atoms in total. The average molecular weight is 394 g/mol. The van der Waals surface area contributed by atoms with Crippen LogP contribution in [0.5, 0.6) is 5.88 Å². The van der Waals surface area contributed by atoms with Gasteiger partial charge in [0.15, 0.2) is 0 Å². The van der Waals surface area contributed by atoms with Crippen LogP contribution in [0.25, 0.3) is 22.2 Å². The maximum absolute atomic E-state index is 13.1. The molecule has 4 rings (SSSR count). The molecular weight excluding hydrogens is 378 g/mol. The third-order valence-corrected chi connectivity index (χ3v) is 4.70. The molecule has 1 amide bonds. The summed E-state index contributed by atoms with van der Waals surface area (Å²) in [4.78, 5) is 17.5. The van der Waals surface area contributed by atoms with Crippen LogP contribution in [-0.2, 0) is 0 Å². The van der Waals surface area contributed by atoms with Gasteiger partial charge >= 0.3 is 0 Å². The topological polar surface area (TPSA) is 77.2 Å². The highest BCUT2D eigenvalue weighted by Crippen LogP contribution is 2.32. The number of rotatable bonds is 4. The molecule has 0 unspecified atom stereocenters. The van der Waals surface area contributed by atoms with E-state index in [1.807, 2.05) is 30.3 Å². The van der Waals surface area contributed by atoms with E-state index in [1.165, 1.54) is 0 Å². The second-order valence-electron chi connectivity index (χ2n) is 6.13. The molecule has 0 radical (unpaired) electrons. The lowest BCUT2D eigenvalue weighted by Gasteiger charge is -2.10. The lowest BCUT2D eigenvalue weighted by molar-refractivity contribution is 0.102. The summed E-state index contributed by atoms with van der Waals surface area (Å²) in [5.41, 5.74) is 2.54. The summed E-state index contributed by atoms with van der Waals surface area (Å²) in [5, 5.41) is 8.32. The Balaban J connectivity index is 1.76. The monoisotopic (exact) mass is 393 g/mol. The largest absolute Gasteiger partial charge is 0.481 e. The van der Waals surface area contributed by atoms with Gasteiger partial charge in [-0.25, -0.2) is 4.98 Å². The zero-order chi connectivity index (χ0) is 19.7. The van der Waals surface area contributed by atoms with Crippen LogP contribution in [0.3, 0.4) is 0 Å². The number of carbonyl (C=O) groups excluding carboxylic acids is 1. The maximum Gasteiger partial charge on any atom is 0.261 e. The number of nitrogens with zero attached hydrogens (tertiary/aromatic N) is 2. The van der Waals surface area contributed by atoms with Gasteiger partial charge in [0.25, 0.3) is 5.91 Å². The molecule has 0 spiro atoms. The van der Waals surface area contributed by atoms with Crippen molar-refractivity contribution in [2.45, 2.75) is 6.92 Å². The van der Waals surface area contributed by atoms with Crippen molar-refractivity contribution in [1.82, 2.24) is 10.1 Å². The number of pyridine rings is 1. The van der Waals surface area contributed by atoms with Crippen LogP contribution in [-0.4, -0.2) is 23.2 Å². The number of benzene rings is 2. The van der Waals surface area contributed by atoms with Gasteiger partial charge in [-0.15, -0.1) is 0 Å². The Morgan fingerprint density at radius 1 is 1.11 bits per heavy atom. The molecule has 4 aromatic rings. The van der Waals surface area contributed by atoms with Crippen LogP contribution < -0.4 is 10.1 Å². The zero-order valence-corrected chi connectivity index (χ0v) is 15.9. The Hall–Kier alpha value is -3.38. The third kappa shape index (κ3) is 3.18. The Labute approximate surface area is 166 Å². The van der Waals surface area contributed by atoms with Crippen molar-refractivity contribution in [3.63, 3.8) is 0 Å². The summed E-state index contributed by atoms with van der Waals surface area (Å²) in [7, 11) is 1.55. The second-order valence-corrected chi connectivity index (χ2v) is 6.53. The lowest BCUT2D eigenvalue weighted by atomic mass is 10.1. The van der Waals surface area contributed by atoms with Crippen molar-refractivity contribution in [2.24, 2.45) is 0 Å². The normalized spacial score (nSPS) is 10.8. The highest BCUT2D eigenvalue weighted by Gasteiger charge is 2.23. The molecule has 7 heteroatoms. The molecule has 0 saturated heterocycles. The summed E-state index contributed by atoms with van der Waals surface area (Å²) in [6, 6.07) is 16.4. The van der Waals surface area contributed by atoms with Gasteiger partial charge in [0.1, 0.15) is 17.0 Å². The number of carbonyl (C=O) groups is 1. The van der Waals surface area contributed by atoms with Gasteiger partial charge in [-0.2, -0.15) is 0 Å². The minimum atomic E-state index is -0.356. The van der Waals surface area contributed by atoms with Crippen molar-refractivity contribution in [3.8, 4) is 17.1 Å². The molecule has 2 aromatic carbocycles. The number of halogens is 1. The molecule has 0 saturated carbocycles. The first kappa shape index (κ1) is 18.0. The molecule has 0 fully saturated rings. The summed E-state index contributed by atoms with van der Waals surface area (Å²) in [6.45, 7) is 1.69. The fourth-order valence-electron chi connectivity index (χ4n) is 3.01. The number of amides is 1. The van der Waals surface area contributed by atoms with Gasteiger partial charge in [0.05, 0.1) is 23.3 Å². The van der Waals surface area contributed by atoms with Crippen molar-refractivity contribution >= 4 is 34.1 Å². The fraction of sp³-hybridized carbons (Fsp3) is 0.0952.